The number of nitrogens with one attached hydrogen (secondary N) is 3. The number of carbonyl (C=O) groups excluding carboxylic acids is 1. The molecule has 0 aliphatic carbocycles. The fourth-order valence-electron chi connectivity index (χ4n) is 2.29. The van der Waals surface area contributed by atoms with Gasteiger partial charge in [0.1, 0.15) is 29.5 Å². The number of methoxy groups -OCH3 is 1. The maximum absolute atomic E-state index is 13.5. The number of urea groups is 1. The van der Waals surface area contributed by atoms with Crippen LogP contribution in [0.2, 0.25) is 10.0 Å². The van der Waals surface area contributed by atoms with Crippen LogP contribution in [0.25, 0.3) is 0 Å². The van der Waals surface area contributed by atoms with Gasteiger partial charge in [0.15, 0.2) is 0 Å². The quantitative estimate of drug-likeness (QED) is 0.518. The predicted octanol–water partition coefficient (Wildman–Crippen LogP) is 5.32. The molecule has 2 aromatic carbocycles. The number of para-hydroxylation sites is 1. The molecule has 0 saturated carbocycles. The lowest BCUT2D eigenvalue weighted by Crippen LogP contribution is -2.20. The Morgan fingerprint density at radius 1 is 1.04 bits per heavy atom. The summed E-state index contributed by atoms with van der Waals surface area (Å²) in [6.45, 7) is 0. The van der Waals surface area contributed by atoms with E-state index in [0.29, 0.717) is 27.3 Å². The Morgan fingerprint density at radius 2 is 1.75 bits per heavy atom. The van der Waals surface area contributed by atoms with Crippen LogP contribution in [-0.4, -0.2) is 23.1 Å². The van der Waals surface area contributed by atoms with Crippen molar-refractivity contribution in [2.45, 2.75) is 0 Å². The molecule has 0 radical (unpaired) electrons. The first-order chi connectivity index (χ1) is 13.5. The minimum absolute atomic E-state index is 0.202. The molecule has 0 fully saturated rings. The molecule has 0 saturated heterocycles. The summed E-state index contributed by atoms with van der Waals surface area (Å²) in [4.78, 5) is 20.2. The molecule has 0 unspecified atom stereocenters. The molecule has 144 valence electrons. The number of hydrogen-bond donors (Lipinski definition) is 3. The Balaban J connectivity index is 1.73. The van der Waals surface area contributed by atoms with Gasteiger partial charge in [0.05, 0.1) is 28.5 Å². The van der Waals surface area contributed by atoms with Gasteiger partial charge in [-0.05, 0) is 24.3 Å². The summed E-state index contributed by atoms with van der Waals surface area (Å²) < 4.78 is 18.7. The number of benzene rings is 2. The van der Waals surface area contributed by atoms with Gasteiger partial charge in [0, 0.05) is 12.1 Å². The second-order valence-corrected chi connectivity index (χ2v) is 6.25. The molecule has 0 bridgehead atoms. The van der Waals surface area contributed by atoms with Crippen molar-refractivity contribution >= 4 is 52.2 Å². The number of amides is 2. The van der Waals surface area contributed by atoms with Crippen LogP contribution in [0.4, 0.5) is 32.2 Å². The van der Waals surface area contributed by atoms with E-state index in [2.05, 4.69) is 25.9 Å². The van der Waals surface area contributed by atoms with Crippen LogP contribution < -0.4 is 20.7 Å². The van der Waals surface area contributed by atoms with Crippen LogP contribution in [0.5, 0.6) is 5.75 Å². The molecule has 3 N–H and O–H groups in total. The molecule has 1 aromatic heterocycles. The van der Waals surface area contributed by atoms with Crippen molar-refractivity contribution in [1.82, 2.24) is 9.97 Å². The molecule has 0 atom stereocenters. The molecule has 2 amide bonds. The van der Waals surface area contributed by atoms with Crippen molar-refractivity contribution in [2.75, 3.05) is 23.1 Å². The van der Waals surface area contributed by atoms with Gasteiger partial charge in [-0.3, -0.25) is 5.32 Å². The van der Waals surface area contributed by atoms with Crippen molar-refractivity contribution in [3.05, 3.63) is 64.7 Å². The minimum Gasteiger partial charge on any atom is -0.495 e. The lowest BCUT2D eigenvalue weighted by atomic mass is 10.3. The standard InChI is InChI=1S/C18H14Cl2FN5O2/c1-28-14-6-5-10(21)7-13(14)24-15-8-16(23-9-22-15)25-18(27)26-17-11(19)3-2-4-12(17)20/h2-9H,1H3,(H3,22,23,24,25,26,27). The predicted molar refractivity (Wildman–Crippen MR) is 107 cm³/mol. The maximum atomic E-state index is 13.5. The van der Waals surface area contributed by atoms with Crippen LogP contribution in [0, 0.1) is 5.82 Å². The van der Waals surface area contributed by atoms with Gasteiger partial charge < -0.3 is 15.4 Å². The molecule has 0 aliphatic rings. The molecular weight excluding hydrogens is 408 g/mol. The van der Waals surface area contributed by atoms with Crippen LogP contribution in [0.15, 0.2) is 48.8 Å². The van der Waals surface area contributed by atoms with Crippen molar-refractivity contribution in [3.8, 4) is 5.75 Å². The minimum atomic E-state index is -0.594. The number of carbonyl (C=O) groups is 1. The summed E-state index contributed by atoms with van der Waals surface area (Å²) in [6, 6.07) is 9.77. The van der Waals surface area contributed by atoms with Gasteiger partial charge in [-0.2, -0.15) is 0 Å². The molecule has 7 nitrogen and oxygen atoms in total. The molecule has 3 rings (SSSR count). The number of ether oxygens (including phenoxy) is 1. The SMILES string of the molecule is COc1ccc(F)cc1Nc1cc(NC(=O)Nc2c(Cl)cccc2Cl)ncn1. The van der Waals surface area contributed by atoms with Gasteiger partial charge in [0.25, 0.3) is 0 Å². The number of halogens is 3. The van der Waals surface area contributed by atoms with E-state index >= 15 is 0 Å². The highest BCUT2D eigenvalue weighted by atomic mass is 35.5. The third kappa shape index (κ3) is 4.79. The Morgan fingerprint density at radius 3 is 2.46 bits per heavy atom. The van der Waals surface area contributed by atoms with E-state index in [1.807, 2.05) is 0 Å². The zero-order valence-electron chi connectivity index (χ0n) is 14.5. The van der Waals surface area contributed by atoms with Gasteiger partial charge in [-0.1, -0.05) is 29.3 Å². The molecule has 1 heterocycles. The number of nitrogens with zero attached hydrogens (tertiary/aromatic N) is 2. The zero-order chi connectivity index (χ0) is 20.1. The monoisotopic (exact) mass is 421 g/mol. The van der Waals surface area contributed by atoms with Crippen LogP contribution in [-0.2, 0) is 0 Å². The third-order valence-corrected chi connectivity index (χ3v) is 4.16. The van der Waals surface area contributed by atoms with E-state index in [9.17, 15) is 9.18 Å². The highest BCUT2D eigenvalue weighted by Gasteiger charge is 2.11. The summed E-state index contributed by atoms with van der Waals surface area (Å²) in [5.74, 6) is 0.519. The van der Waals surface area contributed by atoms with E-state index in [0.717, 1.165) is 0 Å². The lowest BCUT2D eigenvalue weighted by molar-refractivity contribution is 0.262. The Kier molecular flexibility index (Phi) is 6.13. The Bertz CT molecular complexity index is 999. The van der Waals surface area contributed by atoms with Crippen molar-refractivity contribution in [1.29, 1.82) is 0 Å². The Hall–Kier alpha value is -3.10. The number of aromatic nitrogens is 2. The number of hydrogen-bond acceptors (Lipinski definition) is 5. The first-order valence-electron chi connectivity index (χ1n) is 7.91. The smallest absolute Gasteiger partial charge is 0.324 e. The number of rotatable bonds is 5. The van der Waals surface area contributed by atoms with Crippen LogP contribution in [0.1, 0.15) is 0 Å². The summed E-state index contributed by atoms with van der Waals surface area (Å²) in [5.41, 5.74) is 0.652. The fourth-order valence-corrected chi connectivity index (χ4v) is 2.78. The largest absolute Gasteiger partial charge is 0.495 e. The molecule has 0 spiro atoms. The van der Waals surface area contributed by atoms with E-state index in [1.165, 1.54) is 37.7 Å². The topological polar surface area (TPSA) is 88.2 Å². The average molecular weight is 422 g/mol. The summed E-state index contributed by atoms with van der Waals surface area (Å²) in [6.07, 6.45) is 1.24. The highest BCUT2D eigenvalue weighted by Crippen LogP contribution is 2.30. The first kappa shape index (κ1) is 19.7. The third-order valence-electron chi connectivity index (χ3n) is 3.53. The van der Waals surface area contributed by atoms with E-state index in [1.54, 1.807) is 18.2 Å². The first-order valence-corrected chi connectivity index (χ1v) is 8.66. The van der Waals surface area contributed by atoms with E-state index in [4.69, 9.17) is 27.9 Å². The van der Waals surface area contributed by atoms with Gasteiger partial charge in [0.2, 0.25) is 0 Å². The Labute approximate surface area is 169 Å². The van der Waals surface area contributed by atoms with E-state index in [-0.39, 0.29) is 11.5 Å². The normalized spacial score (nSPS) is 10.3. The van der Waals surface area contributed by atoms with Crippen LogP contribution >= 0.6 is 23.2 Å². The van der Waals surface area contributed by atoms with Crippen molar-refractivity contribution in [3.63, 3.8) is 0 Å². The fraction of sp³-hybridized carbons (Fsp3) is 0.0556. The highest BCUT2D eigenvalue weighted by molar-refractivity contribution is 6.39. The van der Waals surface area contributed by atoms with E-state index < -0.39 is 11.8 Å². The second-order valence-electron chi connectivity index (χ2n) is 5.43. The van der Waals surface area contributed by atoms with Gasteiger partial charge in [-0.15, -0.1) is 0 Å². The molecule has 3 aromatic rings. The maximum Gasteiger partial charge on any atom is 0.324 e. The van der Waals surface area contributed by atoms with Crippen LogP contribution in [0.3, 0.4) is 0 Å². The van der Waals surface area contributed by atoms with Gasteiger partial charge in [-0.25, -0.2) is 19.2 Å². The lowest BCUT2D eigenvalue weighted by Gasteiger charge is -2.12. The second kappa shape index (κ2) is 8.73. The average Bonchev–Trinajstić information content (AvgIpc) is 2.65. The summed E-state index contributed by atoms with van der Waals surface area (Å²) >= 11 is 12.1. The van der Waals surface area contributed by atoms with Crippen molar-refractivity contribution < 1.29 is 13.9 Å². The molecule has 10 heteroatoms. The summed E-state index contributed by atoms with van der Waals surface area (Å²) in [7, 11) is 1.47. The molecule has 0 aliphatic heterocycles. The molecule has 28 heavy (non-hydrogen) atoms. The molecular formula is C18H14Cl2FN5O2. The number of anilines is 4. The van der Waals surface area contributed by atoms with Gasteiger partial charge >= 0.3 is 6.03 Å². The summed E-state index contributed by atoms with van der Waals surface area (Å²) in [5, 5.41) is 8.61. The zero-order valence-corrected chi connectivity index (χ0v) is 16.0. The van der Waals surface area contributed by atoms with Crippen molar-refractivity contribution in [2.24, 2.45) is 0 Å².